The predicted molar refractivity (Wildman–Crippen MR) is 250 cm³/mol. The quantitative estimate of drug-likeness (QED) is 0.0448. The minimum absolute atomic E-state index is 0.0676. The molecule has 1 aliphatic heterocycles. The van der Waals surface area contributed by atoms with Gasteiger partial charge in [-0.2, -0.15) is 0 Å². The Balaban J connectivity index is 2.49. The van der Waals surface area contributed by atoms with Crippen LogP contribution in [0, 0.1) is 11.8 Å². The number of unbranched alkanes of at least 4 members (excludes halogenated alkanes) is 21. The molecule has 7 nitrogen and oxygen atoms in total. The highest BCUT2D eigenvalue weighted by molar-refractivity contribution is 5.72. The first-order valence-electron chi connectivity index (χ1n) is 25.9. The highest BCUT2D eigenvalue weighted by Gasteiger charge is 2.21. The van der Waals surface area contributed by atoms with Crippen molar-refractivity contribution < 1.29 is 19.1 Å². The van der Waals surface area contributed by atoms with Gasteiger partial charge in [-0.15, -0.1) is 0 Å². The first-order valence-corrected chi connectivity index (χ1v) is 25.9. The monoisotopic (exact) mass is 820 g/mol. The van der Waals surface area contributed by atoms with E-state index < -0.39 is 0 Å². The van der Waals surface area contributed by atoms with Gasteiger partial charge in [-0.3, -0.25) is 9.59 Å². The maximum atomic E-state index is 13.1. The summed E-state index contributed by atoms with van der Waals surface area (Å²) in [5.74, 6) is 0.320. The molecule has 2 atom stereocenters. The molecule has 1 heterocycles. The fourth-order valence-electron chi connectivity index (χ4n) is 8.62. The molecule has 0 aromatic rings. The predicted octanol–water partition coefficient (Wildman–Crippen LogP) is 13.4. The maximum absolute atomic E-state index is 13.1. The summed E-state index contributed by atoms with van der Waals surface area (Å²) in [5.41, 5.74) is 0. The van der Waals surface area contributed by atoms with E-state index in [0.29, 0.717) is 13.2 Å². The van der Waals surface area contributed by atoms with Crippen molar-refractivity contribution in [3.63, 3.8) is 0 Å². The average molecular weight is 820 g/mol. The van der Waals surface area contributed by atoms with Crippen LogP contribution in [0.5, 0.6) is 0 Å². The molecule has 0 saturated carbocycles. The SMILES string of the molecule is CCCCCCCCC(CCCCCC)C(=O)OCCCCCN(CCCCCOC(=O)C(CCCCCC)CCCCCCCC)CCCCN1CCN(C)CC1. The maximum Gasteiger partial charge on any atom is 0.308 e. The van der Waals surface area contributed by atoms with Crippen molar-refractivity contribution in [2.45, 2.75) is 233 Å². The molecule has 58 heavy (non-hydrogen) atoms. The number of hydrogen-bond acceptors (Lipinski definition) is 7. The summed E-state index contributed by atoms with van der Waals surface area (Å²) in [7, 11) is 2.23. The van der Waals surface area contributed by atoms with Crippen LogP contribution in [0.3, 0.4) is 0 Å². The fourth-order valence-corrected chi connectivity index (χ4v) is 8.62. The molecule has 1 fully saturated rings. The van der Waals surface area contributed by atoms with E-state index >= 15 is 0 Å². The molecule has 0 aromatic heterocycles. The first kappa shape index (κ1) is 54.8. The molecule has 1 aliphatic rings. The summed E-state index contributed by atoms with van der Waals surface area (Å²) in [6.45, 7) is 19.6. The third-order valence-electron chi connectivity index (χ3n) is 12.8. The van der Waals surface area contributed by atoms with E-state index in [4.69, 9.17) is 9.47 Å². The molecule has 2 unspecified atom stereocenters. The van der Waals surface area contributed by atoms with Crippen molar-refractivity contribution in [1.82, 2.24) is 14.7 Å². The van der Waals surface area contributed by atoms with Crippen LogP contribution in [0.4, 0.5) is 0 Å². The normalized spacial score (nSPS) is 14.9. The molecular weight excluding hydrogens is 719 g/mol. The highest BCUT2D eigenvalue weighted by Crippen LogP contribution is 2.22. The number of likely N-dealkylation sites (N-methyl/N-ethyl adjacent to an activating group) is 1. The van der Waals surface area contributed by atoms with Gasteiger partial charge in [0.1, 0.15) is 0 Å². The molecule has 1 saturated heterocycles. The van der Waals surface area contributed by atoms with Crippen LogP contribution in [0.1, 0.15) is 233 Å². The average Bonchev–Trinajstić information content (AvgIpc) is 3.23. The summed E-state index contributed by atoms with van der Waals surface area (Å²) < 4.78 is 11.8. The van der Waals surface area contributed by atoms with E-state index in [2.05, 4.69) is 49.4 Å². The van der Waals surface area contributed by atoms with Crippen molar-refractivity contribution >= 4 is 11.9 Å². The number of hydrogen-bond donors (Lipinski definition) is 0. The Labute approximate surface area is 362 Å². The van der Waals surface area contributed by atoms with Gasteiger partial charge in [0.15, 0.2) is 0 Å². The van der Waals surface area contributed by atoms with Gasteiger partial charge in [-0.1, -0.05) is 156 Å². The van der Waals surface area contributed by atoms with Gasteiger partial charge in [-0.25, -0.2) is 0 Å². The van der Waals surface area contributed by atoms with Crippen LogP contribution in [0.15, 0.2) is 0 Å². The number of piperazine rings is 1. The Morgan fingerprint density at radius 3 is 1.16 bits per heavy atom. The van der Waals surface area contributed by atoms with Gasteiger partial charge < -0.3 is 24.2 Å². The number of nitrogens with zero attached hydrogens (tertiary/aromatic N) is 3. The molecule has 0 N–H and O–H groups in total. The van der Waals surface area contributed by atoms with Crippen molar-refractivity contribution in [2.75, 3.05) is 72.6 Å². The van der Waals surface area contributed by atoms with Crippen molar-refractivity contribution in [3.05, 3.63) is 0 Å². The molecule has 0 spiro atoms. The summed E-state index contributed by atoms with van der Waals surface area (Å²) in [6, 6.07) is 0. The summed E-state index contributed by atoms with van der Waals surface area (Å²) in [6.07, 6.45) is 38.0. The largest absolute Gasteiger partial charge is 0.465 e. The first-order chi connectivity index (χ1) is 28.4. The molecule has 0 bridgehead atoms. The Bertz CT molecular complexity index is 839. The minimum Gasteiger partial charge on any atom is -0.465 e. The Hall–Kier alpha value is -1.18. The zero-order valence-electron chi connectivity index (χ0n) is 39.8. The van der Waals surface area contributed by atoms with Gasteiger partial charge in [-0.05, 0) is 110 Å². The third kappa shape index (κ3) is 32.6. The van der Waals surface area contributed by atoms with Crippen molar-refractivity contribution in [1.29, 1.82) is 0 Å². The number of carbonyl (C=O) groups is 2. The second kappa shape index (κ2) is 41.2. The van der Waals surface area contributed by atoms with E-state index in [0.717, 1.165) is 110 Å². The Kier molecular flexibility index (Phi) is 38.9. The fraction of sp³-hybridized carbons (Fsp3) is 0.961. The van der Waals surface area contributed by atoms with Gasteiger partial charge in [0, 0.05) is 26.2 Å². The van der Waals surface area contributed by atoms with Crippen molar-refractivity contribution in [2.24, 2.45) is 11.8 Å². The second-order valence-electron chi connectivity index (χ2n) is 18.4. The lowest BCUT2D eigenvalue weighted by molar-refractivity contribution is -0.150. The molecule has 0 amide bonds. The number of esters is 2. The second-order valence-corrected chi connectivity index (χ2v) is 18.4. The van der Waals surface area contributed by atoms with Crippen LogP contribution >= 0.6 is 0 Å². The third-order valence-corrected chi connectivity index (χ3v) is 12.8. The summed E-state index contributed by atoms with van der Waals surface area (Å²) >= 11 is 0. The molecule has 0 aliphatic carbocycles. The Morgan fingerprint density at radius 2 is 0.759 bits per heavy atom. The van der Waals surface area contributed by atoms with Gasteiger partial charge in [0.2, 0.25) is 0 Å². The minimum atomic E-state index is 0.0676. The van der Waals surface area contributed by atoms with Crippen LogP contribution in [0.25, 0.3) is 0 Å². The van der Waals surface area contributed by atoms with Crippen LogP contribution in [-0.4, -0.2) is 99.3 Å². The number of ether oxygens (including phenoxy) is 2. The summed E-state index contributed by atoms with van der Waals surface area (Å²) in [4.78, 5) is 34.0. The van der Waals surface area contributed by atoms with E-state index in [1.165, 1.54) is 148 Å². The van der Waals surface area contributed by atoms with E-state index in [1.807, 2.05) is 0 Å². The highest BCUT2D eigenvalue weighted by atomic mass is 16.5. The molecule has 0 radical (unpaired) electrons. The lowest BCUT2D eigenvalue weighted by atomic mass is 9.94. The van der Waals surface area contributed by atoms with Crippen LogP contribution in [0.2, 0.25) is 0 Å². The molecule has 1 rings (SSSR count). The Morgan fingerprint density at radius 1 is 0.431 bits per heavy atom. The van der Waals surface area contributed by atoms with Crippen molar-refractivity contribution in [3.8, 4) is 0 Å². The topological polar surface area (TPSA) is 62.3 Å². The molecule has 0 aromatic carbocycles. The van der Waals surface area contributed by atoms with Gasteiger partial charge in [0.05, 0.1) is 25.0 Å². The van der Waals surface area contributed by atoms with Crippen LogP contribution in [-0.2, 0) is 19.1 Å². The van der Waals surface area contributed by atoms with Gasteiger partial charge >= 0.3 is 11.9 Å². The smallest absolute Gasteiger partial charge is 0.308 e. The number of carbonyl (C=O) groups excluding carboxylic acids is 2. The van der Waals surface area contributed by atoms with Gasteiger partial charge in [0.25, 0.3) is 0 Å². The lowest BCUT2D eigenvalue weighted by Crippen LogP contribution is -2.44. The van der Waals surface area contributed by atoms with E-state index in [1.54, 1.807) is 0 Å². The van der Waals surface area contributed by atoms with E-state index in [-0.39, 0.29) is 23.8 Å². The lowest BCUT2D eigenvalue weighted by Gasteiger charge is -2.32. The zero-order valence-corrected chi connectivity index (χ0v) is 39.8. The number of rotatable bonds is 43. The van der Waals surface area contributed by atoms with Crippen LogP contribution < -0.4 is 0 Å². The molecular formula is C51H101N3O4. The summed E-state index contributed by atoms with van der Waals surface area (Å²) in [5, 5.41) is 0. The standard InChI is InChI=1S/C51H101N3O4/c1-6-10-14-18-20-26-36-48(34-24-16-12-8-3)50(55)57-46-32-22-28-38-53(40-30-31-41-54-44-42-52(5)43-45-54)39-29-23-33-47-58-51(56)49(35-25-17-13-9-4)37-27-21-19-15-11-7-2/h48-49H,6-47H2,1-5H3. The molecule has 7 heteroatoms. The zero-order chi connectivity index (χ0) is 42.2. The van der Waals surface area contributed by atoms with E-state index in [9.17, 15) is 9.59 Å². The molecule has 344 valence electrons.